The number of aryl methyl sites for hydroxylation is 1. The number of rotatable bonds is 11. The Morgan fingerprint density at radius 2 is 1.96 bits per heavy atom. The maximum absolute atomic E-state index is 12.0. The fourth-order valence-corrected chi connectivity index (χ4v) is 3.30. The first-order valence-corrected chi connectivity index (χ1v) is 9.83. The number of carbonyl (C=O) groups excluding carboxylic acids is 1. The minimum absolute atomic E-state index is 0.0753. The highest BCUT2D eigenvalue weighted by Gasteiger charge is 2.07. The van der Waals surface area contributed by atoms with Gasteiger partial charge in [-0.1, -0.05) is 38.1 Å². The second-order valence-corrected chi connectivity index (χ2v) is 6.87. The van der Waals surface area contributed by atoms with Crippen LogP contribution in [0.1, 0.15) is 30.7 Å². The molecule has 1 heterocycles. The van der Waals surface area contributed by atoms with E-state index >= 15 is 0 Å². The van der Waals surface area contributed by atoms with Crippen molar-refractivity contribution in [3.63, 3.8) is 0 Å². The number of thiophene rings is 1. The van der Waals surface area contributed by atoms with Crippen molar-refractivity contribution in [3.8, 4) is 5.75 Å². The third kappa shape index (κ3) is 6.88. The van der Waals surface area contributed by atoms with Crippen molar-refractivity contribution in [3.05, 3.63) is 52.2 Å². The van der Waals surface area contributed by atoms with Crippen LogP contribution >= 0.6 is 11.3 Å². The largest absolute Gasteiger partial charge is 0.492 e. The van der Waals surface area contributed by atoms with Gasteiger partial charge in [0.1, 0.15) is 12.4 Å². The number of likely N-dealkylation sites (N-methyl/N-ethyl adjacent to an activating group) is 1. The minimum atomic E-state index is 0.0753. The Kier molecular flexibility index (Phi) is 8.49. The summed E-state index contributed by atoms with van der Waals surface area (Å²) in [5.74, 6) is 0.930. The molecule has 0 saturated carbocycles. The summed E-state index contributed by atoms with van der Waals surface area (Å²) in [6.07, 6.45) is 1.32. The number of ether oxygens (including phenoxy) is 1. The molecule has 0 fully saturated rings. The van der Waals surface area contributed by atoms with Gasteiger partial charge in [-0.15, -0.1) is 11.3 Å². The lowest BCUT2D eigenvalue weighted by atomic mass is 10.2. The molecule has 0 unspecified atom stereocenters. The van der Waals surface area contributed by atoms with Crippen molar-refractivity contribution < 1.29 is 9.53 Å². The van der Waals surface area contributed by atoms with Crippen molar-refractivity contribution in [1.82, 2.24) is 10.2 Å². The normalized spacial score (nSPS) is 10.8. The van der Waals surface area contributed by atoms with Crippen molar-refractivity contribution in [2.24, 2.45) is 0 Å². The number of benzene rings is 1. The van der Waals surface area contributed by atoms with E-state index in [1.54, 1.807) is 11.3 Å². The smallest absolute Gasteiger partial charge is 0.220 e. The topological polar surface area (TPSA) is 41.6 Å². The zero-order valence-electron chi connectivity index (χ0n) is 15.2. The SMILES string of the molecule is CCN(CC)CCOc1ccccc1CNC(=O)CCc1cccs1. The van der Waals surface area contributed by atoms with Crippen molar-refractivity contribution >= 4 is 17.2 Å². The molecule has 0 atom stereocenters. The van der Waals surface area contributed by atoms with Gasteiger partial charge >= 0.3 is 0 Å². The van der Waals surface area contributed by atoms with E-state index in [4.69, 9.17) is 4.74 Å². The number of nitrogens with one attached hydrogen (secondary N) is 1. The number of amides is 1. The standard InChI is InChI=1S/C20H28N2O2S/c1-3-22(4-2)13-14-24-19-10-6-5-8-17(19)16-21-20(23)12-11-18-9-7-15-25-18/h5-10,15H,3-4,11-14,16H2,1-2H3,(H,21,23). The quantitative estimate of drug-likeness (QED) is 0.664. The summed E-state index contributed by atoms with van der Waals surface area (Å²) in [6, 6.07) is 12.0. The van der Waals surface area contributed by atoms with Gasteiger partial charge in [0, 0.05) is 30.0 Å². The van der Waals surface area contributed by atoms with Gasteiger partial charge in [0.15, 0.2) is 0 Å². The van der Waals surface area contributed by atoms with E-state index in [-0.39, 0.29) is 5.91 Å². The van der Waals surface area contributed by atoms with Crippen LogP contribution in [-0.4, -0.2) is 37.0 Å². The van der Waals surface area contributed by atoms with Gasteiger partial charge in [-0.2, -0.15) is 0 Å². The van der Waals surface area contributed by atoms with E-state index in [1.165, 1.54) is 4.88 Å². The molecule has 4 nitrogen and oxygen atoms in total. The van der Waals surface area contributed by atoms with E-state index < -0.39 is 0 Å². The third-order valence-corrected chi connectivity index (χ3v) is 5.12. The summed E-state index contributed by atoms with van der Waals surface area (Å²) in [5, 5.41) is 5.04. The molecule has 0 aliphatic rings. The number of nitrogens with zero attached hydrogens (tertiary/aromatic N) is 1. The van der Waals surface area contributed by atoms with Crippen LogP contribution < -0.4 is 10.1 Å². The lowest BCUT2D eigenvalue weighted by Crippen LogP contribution is -2.28. The van der Waals surface area contributed by atoms with Crippen LogP contribution in [-0.2, 0) is 17.8 Å². The van der Waals surface area contributed by atoms with Crippen LogP contribution in [0.2, 0.25) is 0 Å². The number of hydrogen-bond donors (Lipinski definition) is 1. The molecular weight excluding hydrogens is 332 g/mol. The molecule has 2 aromatic rings. The fraction of sp³-hybridized carbons (Fsp3) is 0.450. The molecule has 25 heavy (non-hydrogen) atoms. The Balaban J connectivity index is 1.78. The predicted octanol–water partition coefficient (Wildman–Crippen LogP) is 3.72. The fourth-order valence-electron chi connectivity index (χ4n) is 2.59. The average Bonchev–Trinajstić information content (AvgIpc) is 3.16. The third-order valence-electron chi connectivity index (χ3n) is 4.19. The van der Waals surface area contributed by atoms with Crippen molar-refractivity contribution in [2.45, 2.75) is 33.2 Å². The molecule has 1 amide bonds. The van der Waals surface area contributed by atoms with E-state index in [0.717, 1.165) is 37.4 Å². The summed E-state index contributed by atoms with van der Waals surface area (Å²) in [7, 11) is 0. The maximum atomic E-state index is 12.0. The van der Waals surface area contributed by atoms with E-state index in [0.29, 0.717) is 19.6 Å². The second kappa shape index (κ2) is 10.9. The summed E-state index contributed by atoms with van der Waals surface area (Å²) in [5.41, 5.74) is 1.02. The summed E-state index contributed by atoms with van der Waals surface area (Å²) in [6.45, 7) is 8.44. The molecule has 5 heteroatoms. The van der Waals surface area contributed by atoms with Gasteiger partial charge in [0.25, 0.3) is 0 Å². The van der Waals surface area contributed by atoms with Gasteiger partial charge in [0.2, 0.25) is 5.91 Å². The first kappa shape index (κ1) is 19.5. The Hall–Kier alpha value is -1.85. The molecule has 0 aliphatic heterocycles. The van der Waals surface area contributed by atoms with Gasteiger partial charge in [-0.05, 0) is 37.0 Å². The van der Waals surface area contributed by atoms with E-state index in [1.807, 2.05) is 35.7 Å². The second-order valence-electron chi connectivity index (χ2n) is 5.84. The minimum Gasteiger partial charge on any atom is -0.492 e. The zero-order valence-corrected chi connectivity index (χ0v) is 16.0. The lowest BCUT2D eigenvalue weighted by Gasteiger charge is -2.19. The monoisotopic (exact) mass is 360 g/mol. The predicted molar refractivity (Wildman–Crippen MR) is 104 cm³/mol. The van der Waals surface area contributed by atoms with Crippen LogP contribution in [0.15, 0.2) is 41.8 Å². The maximum Gasteiger partial charge on any atom is 0.220 e. The molecule has 0 radical (unpaired) electrons. The molecule has 1 aromatic heterocycles. The Bertz CT molecular complexity index is 624. The van der Waals surface area contributed by atoms with Crippen molar-refractivity contribution in [1.29, 1.82) is 0 Å². The molecule has 1 aromatic carbocycles. The van der Waals surface area contributed by atoms with Gasteiger partial charge in [-0.3, -0.25) is 4.79 Å². The van der Waals surface area contributed by atoms with Crippen LogP contribution in [0.25, 0.3) is 0 Å². The summed E-state index contributed by atoms with van der Waals surface area (Å²) < 4.78 is 5.93. The number of hydrogen-bond acceptors (Lipinski definition) is 4. The zero-order chi connectivity index (χ0) is 17.9. The summed E-state index contributed by atoms with van der Waals surface area (Å²) >= 11 is 1.69. The highest BCUT2D eigenvalue weighted by molar-refractivity contribution is 7.09. The summed E-state index contributed by atoms with van der Waals surface area (Å²) in [4.78, 5) is 15.6. The molecule has 2 rings (SSSR count). The van der Waals surface area contributed by atoms with E-state index in [9.17, 15) is 4.79 Å². The van der Waals surface area contributed by atoms with E-state index in [2.05, 4.69) is 30.1 Å². The molecule has 1 N–H and O–H groups in total. The van der Waals surface area contributed by atoms with Crippen LogP contribution in [0.3, 0.4) is 0 Å². The number of para-hydroxylation sites is 1. The van der Waals surface area contributed by atoms with Gasteiger partial charge in [0.05, 0.1) is 0 Å². The average molecular weight is 361 g/mol. The first-order valence-electron chi connectivity index (χ1n) is 8.95. The molecular formula is C20H28N2O2S. The molecule has 0 aliphatic carbocycles. The van der Waals surface area contributed by atoms with Crippen LogP contribution in [0.5, 0.6) is 5.75 Å². The van der Waals surface area contributed by atoms with Crippen LogP contribution in [0.4, 0.5) is 0 Å². The molecule has 0 spiro atoms. The van der Waals surface area contributed by atoms with Crippen molar-refractivity contribution in [2.75, 3.05) is 26.2 Å². The highest BCUT2D eigenvalue weighted by atomic mass is 32.1. The first-order chi connectivity index (χ1) is 12.2. The Morgan fingerprint density at radius 3 is 2.68 bits per heavy atom. The Morgan fingerprint density at radius 1 is 1.16 bits per heavy atom. The molecule has 0 bridgehead atoms. The van der Waals surface area contributed by atoms with Gasteiger partial charge in [-0.25, -0.2) is 0 Å². The Labute approximate surface area is 154 Å². The molecule has 0 saturated heterocycles. The molecule has 136 valence electrons. The van der Waals surface area contributed by atoms with Crippen LogP contribution in [0, 0.1) is 0 Å². The highest BCUT2D eigenvalue weighted by Crippen LogP contribution is 2.18. The number of carbonyl (C=O) groups is 1. The van der Waals surface area contributed by atoms with Gasteiger partial charge < -0.3 is 15.0 Å². The lowest BCUT2D eigenvalue weighted by molar-refractivity contribution is -0.121.